The molecule has 1 aromatic heterocycles. The van der Waals surface area contributed by atoms with Crippen LogP contribution < -0.4 is 5.73 Å². The van der Waals surface area contributed by atoms with Gasteiger partial charge in [-0.25, -0.2) is 0 Å². The summed E-state index contributed by atoms with van der Waals surface area (Å²) >= 11 is 0. The van der Waals surface area contributed by atoms with Crippen LogP contribution in [0.25, 0.3) is 10.9 Å². The highest BCUT2D eigenvalue weighted by atomic mass is 15.2. The molecule has 0 unspecified atom stereocenters. The van der Waals surface area contributed by atoms with Crippen molar-refractivity contribution < 1.29 is 0 Å². The Kier molecular flexibility index (Phi) is 3.30. The van der Waals surface area contributed by atoms with Crippen LogP contribution in [-0.2, 0) is 6.42 Å². The molecule has 1 atom stereocenters. The lowest BCUT2D eigenvalue weighted by Gasteiger charge is -2.22. The van der Waals surface area contributed by atoms with E-state index >= 15 is 0 Å². The molecule has 2 aromatic rings. The lowest BCUT2D eigenvalue weighted by Crippen LogP contribution is -2.31. The maximum atomic E-state index is 5.90. The number of anilines is 1. The van der Waals surface area contributed by atoms with Crippen molar-refractivity contribution in [1.29, 1.82) is 0 Å². The number of hydrogen-bond donors (Lipinski definition) is 2. The highest BCUT2D eigenvalue weighted by Gasteiger charge is 2.24. The van der Waals surface area contributed by atoms with Crippen molar-refractivity contribution in [2.45, 2.75) is 25.3 Å². The number of nitrogen functional groups attached to an aromatic ring is 1. The van der Waals surface area contributed by atoms with E-state index in [4.69, 9.17) is 5.73 Å². The zero-order valence-electron chi connectivity index (χ0n) is 11.2. The second-order valence-corrected chi connectivity index (χ2v) is 5.40. The topological polar surface area (TPSA) is 45.0 Å². The van der Waals surface area contributed by atoms with Gasteiger partial charge in [-0.1, -0.05) is 6.08 Å². The molecule has 1 aliphatic rings. The molecule has 0 saturated carbocycles. The molecule has 1 aromatic carbocycles. The van der Waals surface area contributed by atoms with Gasteiger partial charge in [0.05, 0.1) is 0 Å². The summed E-state index contributed by atoms with van der Waals surface area (Å²) < 4.78 is 0. The predicted molar refractivity (Wildman–Crippen MR) is 81.2 cm³/mol. The lowest BCUT2D eigenvalue weighted by molar-refractivity contribution is 0.280. The highest BCUT2D eigenvalue weighted by Crippen LogP contribution is 2.26. The summed E-state index contributed by atoms with van der Waals surface area (Å²) in [5.74, 6) is 0. The van der Waals surface area contributed by atoms with Crippen molar-refractivity contribution in [2.75, 3.05) is 18.8 Å². The molecule has 1 aliphatic heterocycles. The van der Waals surface area contributed by atoms with E-state index in [1.807, 2.05) is 12.1 Å². The molecule has 0 aliphatic carbocycles. The van der Waals surface area contributed by atoms with E-state index in [1.165, 1.54) is 35.9 Å². The zero-order chi connectivity index (χ0) is 13.2. The molecular formula is C16H21N3. The number of nitrogens with zero attached hydrogens (tertiary/aromatic N) is 1. The summed E-state index contributed by atoms with van der Waals surface area (Å²) in [4.78, 5) is 5.87. The van der Waals surface area contributed by atoms with E-state index in [1.54, 1.807) is 0 Å². The Bertz CT molecular complexity index is 585. The van der Waals surface area contributed by atoms with Gasteiger partial charge in [0, 0.05) is 35.4 Å². The van der Waals surface area contributed by atoms with Gasteiger partial charge >= 0.3 is 0 Å². The Hall–Kier alpha value is -1.74. The van der Waals surface area contributed by atoms with Crippen molar-refractivity contribution >= 4 is 16.6 Å². The summed E-state index contributed by atoms with van der Waals surface area (Å²) in [6.07, 6.45) is 7.81. The Morgan fingerprint density at radius 3 is 3.21 bits per heavy atom. The normalized spacial score (nSPS) is 20.1. The Morgan fingerprint density at radius 1 is 1.47 bits per heavy atom. The van der Waals surface area contributed by atoms with Gasteiger partial charge in [-0.2, -0.15) is 0 Å². The minimum Gasteiger partial charge on any atom is -0.399 e. The molecule has 19 heavy (non-hydrogen) atoms. The average molecular weight is 255 g/mol. The van der Waals surface area contributed by atoms with Crippen LogP contribution in [0.4, 0.5) is 5.69 Å². The van der Waals surface area contributed by atoms with Crippen LogP contribution in [0.3, 0.4) is 0 Å². The SMILES string of the molecule is C=CCN1CCC[C@@H]1Cc1c[nH]c2ccc(N)cc12. The fraction of sp³-hybridized carbons (Fsp3) is 0.375. The highest BCUT2D eigenvalue weighted by molar-refractivity contribution is 5.86. The molecule has 0 bridgehead atoms. The molecule has 3 N–H and O–H groups in total. The monoisotopic (exact) mass is 255 g/mol. The van der Waals surface area contributed by atoms with Crippen molar-refractivity contribution in [3.05, 3.63) is 42.6 Å². The predicted octanol–water partition coefficient (Wildman–Crippen LogP) is 2.94. The smallest absolute Gasteiger partial charge is 0.0458 e. The van der Waals surface area contributed by atoms with Gasteiger partial charge in [0.2, 0.25) is 0 Å². The second-order valence-electron chi connectivity index (χ2n) is 5.40. The van der Waals surface area contributed by atoms with Crippen LogP contribution in [0.2, 0.25) is 0 Å². The number of aromatic amines is 1. The first-order valence-electron chi connectivity index (χ1n) is 6.98. The van der Waals surface area contributed by atoms with Gasteiger partial charge in [0.15, 0.2) is 0 Å². The number of hydrogen-bond acceptors (Lipinski definition) is 2. The van der Waals surface area contributed by atoms with E-state index in [0.717, 1.165) is 18.7 Å². The maximum Gasteiger partial charge on any atom is 0.0458 e. The summed E-state index contributed by atoms with van der Waals surface area (Å²) in [6, 6.07) is 6.72. The summed E-state index contributed by atoms with van der Waals surface area (Å²) in [6.45, 7) is 6.04. The van der Waals surface area contributed by atoms with E-state index in [9.17, 15) is 0 Å². The second kappa shape index (κ2) is 5.10. The lowest BCUT2D eigenvalue weighted by atomic mass is 10.0. The van der Waals surface area contributed by atoms with E-state index < -0.39 is 0 Å². The third-order valence-corrected chi connectivity index (χ3v) is 4.11. The largest absolute Gasteiger partial charge is 0.399 e. The first-order chi connectivity index (χ1) is 9.28. The van der Waals surface area contributed by atoms with Crippen molar-refractivity contribution in [3.8, 4) is 0 Å². The first kappa shape index (κ1) is 12.3. The number of nitrogens with two attached hydrogens (primary N) is 1. The van der Waals surface area contributed by atoms with Crippen LogP contribution in [0.1, 0.15) is 18.4 Å². The third-order valence-electron chi connectivity index (χ3n) is 4.11. The van der Waals surface area contributed by atoms with Gasteiger partial charge in [0.1, 0.15) is 0 Å². The number of aromatic nitrogens is 1. The van der Waals surface area contributed by atoms with Crippen LogP contribution >= 0.6 is 0 Å². The molecule has 100 valence electrons. The van der Waals surface area contributed by atoms with Crippen LogP contribution in [0.15, 0.2) is 37.1 Å². The minimum absolute atomic E-state index is 0.637. The number of nitrogens with one attached hydrogen (secondary N) is 1. The quantitative estimate of drug-likeness (QED) is 0.651. The molecule has 3 nitrogen and oxygen atoms in total. The van der Waals surface area contributed by atoms with Gasteiger partial charge in [-0.3, -0.25) is 4.90 Å². The summed E-state index contributed by atoms with van der Waals surface area (Å²) in [5.41, 5.74) is 9.29. The molecule has 1 fully saturated rings. The number of rotatable bonds is 4. The summed E-state index contributed by atoms with van der Waals surface area (Å²) in [7, 11) is 0. The van der Waals surface area contributed by atoms with Crippen LogP contribution in [0.5, 0.6) is 0 Å². The maximum absolute atomic E-state index is 5.90. The molecule has 0 radical (unpaired) electrons. The summed E-state index contributed by atoms with van der Waals surface area (Å²) in [5, 5.41) is 1.27. The Labute approximate surface area is 114 Å². The zero-order valence-corrected chi connectivity index (χ0v) is 11.2. The third kappa shape index (κ3) is 2.38. The Morgan fingerprint density at radius 2 is 2.37 bits per heavy atom. The van der Waals surface area contributed by atoms with E-state index in [0.29, 0.717) is 6.04 Å². The van der Waals surface area contributed by atoms with Crippen molar-refractivity contribution in [3.63, 3.8) is 0 Å². The average Bonchev–Trinajstić information content (AvgIpc) is 2.99. The molecule has 3 heteroatoms. The van der Waals surface area contributed by atoms with Gasteiger partial charge < -0.3 is 10.7 Å². The van der Waals surface area contributed by atoms with Crippen LogP contribution in [0, 0.1) is 0 Å². The fourth-order valence-electron chi connectivity index (χ4n) is 3.15. The molecular weight excluding hydrogens is 234 g/mol. The number of benzene rings is 1. The van der Waals surface area contributed by atoms with E-state index in [2.05, 4.69) is 34.8 Å². The van der Waals surface area contributed by atoms with Gasteiger partial charge in [-0.15, -0.1) is 6.58 Å². The van der Waals surface area contributed by atoms with Gasteiger partial charge in [0.25, 0.3) is 0 Å². The van der Waals surface area contributed by atoms with Crippen molar-refractivity contribution in [1.82, 2.24) is 9.88 Å². The molecule has 2 heterocycles. The standard InChI is InChI=1S/C16H21N3/c1-2-7-19-8-3-4-14(19)9-12-11-18-16-6-5-13(17)10-15(12)16/h2,5-6,10-11,14,18H,1,3-4,7-9,17H2/t14-/m1/s1. The first-order valence-corrected chi connectivity index (χ1v) is 6.98. The molecule has 1 saturated heterocycles. The number of fused-ring (bicyclic) bond motifs is 1. The fourth-order valence-corrected chi connectivity index (χ4v) is 3.15. The minimum atomic E-state index is 0.637. The molecule has 0 amide bonds. The Balaban J connectivity index is 1.84. The van der Waals surface area contributed by atoms with E-state index in [-0.39, 0.29) is 0 Å². The van der Waals surface area contributed by atoms with Gasteiger partial charge in [-0.05, 0) is 49.6 Å². The van der Waals surface area contributed by atoms with Crippen molar-refractivity contribution in [2.24, 2.45) is 0 Å². The molecule has 3 rings (SSSR count). The number of H-pyrrole nitrogens is 1. The van der Waals surface area contributed by atoms with Crippen LogP contribution in [-0.4, -0.2) is 29.0 Å². The molecule has 0 spiro atoms. The number of likely N-dealkylation sites (tertiary alicyclic amines) is 1.